The first-order chi connectivity index (χ1) is 8.13. The molecule has 2 rings (SSSR count). The van der Waals surface area contributed by atoms with Gasteiger partial charge in [-0.05, 0) is 19.3 Å². The van der Waals surface area contributed by atoms with E-state index < -0.39 is 5.97 Å². The molecule has 1 aromatic rings. The summed E-state index contributed by atoms with van der Waals surface area (Å²) in [6.07, 6.45) is 5.83. The van der Waals surface area contributed by atoms with Crippen molar-refractivity contribution in [3.63, 3.8) is 0 Å². The number of ether oxygens (including phenoxy) is 1. The van der Waals surface area contributed by atoms with Crippen LogP contribution in [0.1, 0.15) is 54.5 Å². The third-order valence-electron chi connectivity index (χ3n) is 3.72. The molecule has 1 aliphatic carbocycles. The van der Waals surface area contributed by atoms with Crippen LogP contribution in [0.25, 0.3) is 0 Å². The molecule has 1 aliphatic rings. The van der Waals surface area contributed by atoms with Gasteiger partial charge in [-0.15, -0.1) is 11.3 Å². The fourth-order valence-corrected chi connectivity index (χ4v) is 3.71. The first-order valence-electron chi connectivity index (χ1n) is 5.98. The van der Waals surface area contributed by atoms with Crippen molar-refractivity contribution in [2.75, 3.05) is 12.8 Å². The average Bonchev–Trinajstić information content (AvgIpc) is 2.95. The average molecular weight is 254 g/mol. The van der Waals surface area contributed by atoms with Crippen LogP contribution in [0, 0.1) is 0 Å². The summed E-state index contributed by atoms with van der Waals surface area (Å²) in [7, 11) is 1.35. The molecule has 0 saturated heterocycles. The van der Waals surface area contributed by atoms with E-state index in [9.17, 15) is 4.79 Å². The lowest BCUT2D eigenvalue weighted by Gasteiger charge is -2.24. The van der Waals surface area contributed by atoms with Crippen LogP contribution in [-0.4, -0.2) is 18.1 Å². The lowest BCUT2D eigenvalue weighted by atomic mass is 9.84. The van der Waals surface area contributed by atoms with Gasteiger partial charge in [0.05, 0.1) is 7.11 Å². The minimum absolute atomic E-state index is 0.144. The number of methoxy groups -OCH3 is 1. The summed E-state index contributed by atoms with van der Waals surface area (Å²) in [6.45, 7) is 2.18. The number of hydrogen-bond acceptors (Lipinski definition) is 5. The monoisotopic (exact) mass is 254 g/mol. The quantitative estimate of drug-likeness (QED) is 0.842. The van der Waals surface area contributed by atoms with Gasteiger partial charge in [-0.3, -0.25) is 0 Å². The summed E-state index contributed by atoms with van der Waals surface area (Å²) in [6, 6.07) is 0. The van der Waals surface area contributed by atoms with Gasteiger partial charge in [-0.1, -0.05) is 19.8 Å². The van der Waals surface area contributed by atoms with Gasteiger partial charge in [0.15, 0.2) is 5.69 Å². The van der Waals surface area contributed by atoms with E-state index in [1.807, 2.05) is 0 Å². The van der Waals surface area contributed by atoms with E-state index in [-0.39, 0.29) is 11.1 Å². The zero-order valence-electron chi connectivity index (χ0n) is 10.3. The van der Waals surface area contributed by atoms with Gasteiger partial charge < -0.3 is 10.5 Å². The molecular weight excluding hydrogens is 236 g/mol. The Balaban J connectivity index is 2.36. The lowest BCUT2D eigenvalue weighted by Crippen LogP contribution is -2.20. The summed E-state index contributed by atoms with van der Waals surface area (Å²) in [5.41, 5.74) is 6.28. The summed E-state index contributed by atoms with van der Waals surface area (Å²) in [5.74, 6) is -0.436. The van der Waals surface area contributed by atoms with E-state index in [1.165, 1.54) is 31.3 Å². The maximum atomic E-state index is 11.5. The number of rotatable bonds is 3. The van der Waals surface area contributed by atoms with E-state index in [0.717, 1.165) is 24.3 Å². The molecule has 0 amide bonds. The number of carbonyl (C=O) groups excluding carboxylic acids is 1. The Morgan fingerprint density at radius 1 is 1.53 bits per heavy atom. The first kappa shape index (κ1) is 12.4. The van der Waals surface area contributed by atoms with Crippen molar-refractivity contribution in [3.8, 4) is 0 Å². The molecule has 0 bridgehead atoms. The van der Waals surface area contributed by atoms with Crippen LogP contribution in [0.2, 0.25) is 0 Å². The van der Waals surface area contributed by atoms with Crippen molar-refractivity contribution in [2.45, 2.75) is 44.4 Å². The van der Waals surface area contributed by atoms with Gasteiger partial charge >= 0.3 is 5.97 Å². The van der Waals surface area contributed by atoms with E-state index in [4.69, 9.17) is 5.73 Å². The van der Waals surface area contributed by atoms with Crippen molar-refractivity contribution in [3.05, 3.63) is 10.7 Å². The van der Waals surface area contributed by atoms with Crippen molar-refractivity contribution < 1.29 is 9.53 Å². The van der Waals surface area contributed by atoms with Gasteiger partial charge in [0.2, 0.25) is 0 Å². The molecule has 2 N–H and O–H groups in total. The topological polar surface area (TPSA) is 65.2 Å². The molecule has 0 spiro atoms. The Kier molecular flexibility index (Phi) is 3.38. The predicted molar refractivity (Wildman–Crippen MR) is 68.3 cm³/mol. The van der Waals surface area contributed by atoms with Crippen molar-refractivity contribution in [2.24, 2.45) is 0 Å². The molecule has 1 fully saturated rings. The zero-order chi connectivity index (χ0) is 12.5. The van der Waals surface area contributed by atoms with Gasteiger partial charge in [0, 0.05) is 5.41 Å². The second kappa shape index (κ2) is 4.64. The van der Waals surface area contributed by atoms with Crippen molar-refractivity contribution in [1.29, 1.82) is 0 Å². The Hall–Kier alpha value is -1.10. The molecule has 17 heavy (non-hydrogen) atoms. The maximum Gasteiger partial charge on any atom is 0.359 e. The SMILES string of the molecule is CCC1(c2nc(C(=O)OC)c(N)s2)CCCC1. The Morgan fingerprint density at radius 3 is 2.71 bits per heavy atom. The second-order valence-corrected chi connectivity index (χ2v) is 5.60. The van der Waals surface area contributed by atoms with Crippen LogP contribution in [0.5, 0.6) is 0 Å². The molecule has 4 nitrogen and oxygen atoms in total. The molecule has 94 valence electrons. The van der Waals surface area contributed by atoms with Gasteiger partial charge in [-0.2, -0.15) is 0 Å². The number of aromatic nitrogens is 1. The third-order valence-corrected chi connectivity index (χ3v) is 4.85. The standard InChI is InChI=1S/C12H18N2O2S/c1-3-12(6-4-5-7-12)11-14-8(9(13)17-11)10(15)16-2/h3-7,13H2,1-2H3. The smallest absolute Gasteiger partial charge is 0.359 e. The van der Waals surface area contributed by atoms with Crippen molar-refractivity contribution in [1.82, 2.24) is 4.98 Å². The number of esters is 1. The number of nitrogens with two attached hydrogens (primary N) is 1. The number of nitrogen functional groups attached to an aromatic ring is 1. The Bertz CT molecular complexity index is 422. The summed E-state index contributed by atoms with van der Waals surface area (Å²) >= 11 is 1.44. The van der Waals surface area contributed by atoms with E-state index in [1.54, 1.807) is 0 Å². The minimum atomic E-state index is -0.436. The molecule has 0 unspecified atom stereocenters. The van der Waals surface area contributed by atoms with Crippen LogP contribution in [0.3, 0.4) is 0 Å². The molecule has 0 atom stereocenters. The fraction of sp³-hybridized carbons (Fsp3) is 0.667. The summed E-state index contributed by atoms with van der Waals surface area (Å²) < 4.78 is 4.68. The van der Waals surface area contributed by atoms with Gasteiger partial charge in [-0.25, -0.2) is 9.78 Å². The number of hydrogen-bond donors (Lipinski definition) is 1. The van der Waals surface area contributed by atoms with Crippen molar-refractivity contribution >= 4 is 22.3 Å². The van der Waals surface area contributed by atoms with Crippen LogP contribution in [-0.2, 0) is 10.2 Å². The number of anilines is 1. The molecule has 0 radical (unpaired) electrons. The highest BCUT2D eigenvalue weighted by atomic mass is 32.1. The number of nitrogens with zero attached hydrogens (tertiary/aromatic N) is 1. The third kappa shape index (κ3) is 2.04. The highest BCUT2D eigenvalue weighted by molar-refractivity contribution is 7.16. The summed E-state index contributed by atoms with van der Waals surface area (Å²) in [5, 5.41) is 1.49. The molecule has 1 heterocycles. The van der Waals surface area contributed by atoms with Gasteiger partial charge in [0.1, 0.15) is 10.0 Å². The molecule has 5 heteroatoms. The lowest BCUT2D eigenvalue weighted by molar-refractivity contribution is 0.0595. The molecular formula is C12H18N2O2S. The molecule has 1 aromatic heterocycles. The van der Waals surface area contributed by atoms with Gasteiger partial charge in [0.25, 0.3) is 0 Å². The van der Waals surface area contributed by atoms with E-state index in [0.29, 0.717) is 5.00 Å². The number of carbonyl (C=O) groups is 1. The predicted octanol–water partition coefficient (Wildman–Crippen LogP) is 2.73. The molecule has 0 aromatic carbocycles. The van der Waals surface area contributed by atoms with Crippen LogP contribution in [0.15, 0.2) is 0 Å². The largest absolute Gasteiger partial charge is 0.464 e. The Morgan fingerprint density at radius 2 is 2.18 bits per heavy atom. The molecule has 1 saturated carbocycles. The molecule has 0 aliphatic heterocycles. The maximum absolute atomic E-state index is 11.5. The van der Waals surface area contributed by atoms with Crippen LogP contribution >= 0.6 is 11.3 Å². The zero-order valence-corrected chi connectivity index (χ0v) is 11.1. The second-order valence-electron chi connectivity index (χ2n) is 4.56. The fourth-order valence-electron chi connectivity index (χ4n) is 2.57. The summed E-state index contributed by atoms with van der Waals surface area (Å²) in [4.78, 5) is 15.9. The highest BCUT2D eigenvalue weighted by Gasteiger charge is 2.37. The Labute approximate surface area is 105 Å². The minimum Gasteiger partial charge on any atom is -0.464 e. The number of thiazole rings is 1. The normalized spacial score (nSPS) is 18.2. The first-order valence-corrected chi connectivity index (χ1v) is 6.79. The highest BCUT2D eigenvalue weighted by Crippen LogP contribution is 2.46. The van der Waals surface area contributed by atoms with Crippen LogP contribution in [0.4, 0.5) is 5.00 Å². The van der Waals surface area contributed by atoms with E-state index in [2.05, 4.69) is 16.6 Å². The van der Waals surface area contributed by atoms with E-state index >= 15 is 0 Å². The van der Waals surface area contributed by atoms with Crippen LogP contribution < -0.4 is 5.73 Å².